The summed E-state index contributed by atoms with van der Waals surface area (Å²) in [6.45, 7) is 3.35. The van der Waals surface area contributed by atoms with E-state index < -0.39 is 11.9 Å². The van der Waals surface area contributed by atoms with E-state index in [0.29, 0.717) is 13.0 Å². The van der Waals surface area contributed by atoms with Crippen molar-refractivity contribution in [1.82, 2.24) is 15.1 Å². The van der Waals surface area contributed by atoms with Gasteiger partial charge in [-0.2, -0.15) is 0 Å². The highest BCUT2D eigenvalue weighted by molar-refractivity contribution is 5.77. The molecule has 0 spiro atoms. The molecule has 1 heterocycles. The van der Waals surface area contributed by atoms with E-state index in [1.165, 1.54) is 0 Å². The number of carboxylic acids is 1. The third-order valence-electron chi connectivity index (χ3n) is 4.65. The lowest BCUT2D eigenvalue weighted by Gasteiger charge is -2.27. The summed E-state index contributed by atoms with van der Waals surface area (Å²) < 4.78 is 0. The van der Waals surface area contributed by atoms with Crippen molar-refractivity contribution >= 4 is 12.0 Å². The molecule has 2 fully saturated rings. The number of carboxylic acid groups (broad SMARTS) is 1. The number of rotatable bonds is 2. The highest BCUT2D eigenvalue weighted by Crippen LogP contribution is 2.24. The van der Waals surface area contributed by atoms with E-state index in [4.69, 9.17) is 0 Å². The molecule has 0 aromatic rings. The minimum atomic E-state index is -0.780. The zero-order valence-electron chi connectivity index (χ0n) is 12.9. The number of nitrogens with one attached hydrogen (secondary N) is 1. The fraction of sp³-hybridized carbons (Fsp3) is 0.867. The first kappa shape index (κ1) is 16.1. The fourth-order valence-electron chi connectivity index (χ4n) is 3.28. The van der Waals surface area contributed by atoms with Gasteiger partial charge in [-0.15, -0.1) is 0 Å². The molecule has 2 amide bonds. The van der Waals surface area contributed by atoms with Crippen LogP contribution in [-0.2, 0) is 4.79 Å². The van der Waals surface area contributed by atoms with Crippen LogP contribution in [-0.4, -0.2) is 66.2 Å². The van der Waals surface area contributed by atoms with Crippen LogP contribution in [0.3, 0.4) is 0 Å². The van der Waals surface area contributed by atoms with Crippen LogP contribution in [0, 0.1) is 5.92 Å². The third kappa shape index (κ3) is 4.59. The smallest absolute Gasteiger partial charge is 0.317 e. The molecule has 2 unspecified atom stereocenters. The Morgan fingerprint density at radius 1 is 1.00 bits per heavy atom. The van der Waals surface area contributed by atoms with E-state index in [1.807, 2.05) is 4.90 Å². The highest BCUT2D eigenvalue weighted by atomic mass is 16.4. The number of hydrogen-bond acceptors (Lipinski definition) is 3. The maximum absolute atomic E-state index is 12.4. The van der Waals surface area contributed by atoms with Gasteiger partial charge < -0.3 is 20.2 Å². The van der Waals surface area contributed by atoms with Crippen molar-refractivity contribution in [1.29, 1.82) is 0 Å². The first-order valence-corrected chi connectivity index (χ1v) is 8.04. The van der Waals surface area contributed by atoms with Crippen molar-refractivity contribution in [3.8, 4) is 0 Å². The Hall–Kier alpha value is -1.30. The summed E-state index contributed by atoms with van der Waals surface area (Å²) in [7, 11) is 2.06. The van der Waals surface area contributed by atoms with Crippen molar-refractivity contribution in [2.75, 3.05) is 33.2 Å². The number of urea groups is 1. The number of aliphatic carboxylic acids is 1. The Morgan fingerprint density at radius 2 is 1.76 bits per heavy atom. The Labute approximate surface area is 126 Å². The molecular formula is C15H27N3O3. The lowest BCUT2D eigenvalue weighted by Crippen LogP contribution is -2.49. The Bertz CT molecular complexity index is 375. The van der Waals surface area contributed by atoms with E-state index in [2.05, 4.69) is 17.3 Å². The van der Waals surface area contributed by atoms with Gasteiger partial charge in [0.2, 0.25) is 0 Å². The molecule has 1 aliphatic heterocycles. The van der Waals surface area contributed by atoms with Gasteiger partial charge >= 0.3 is 12.0 Å². The molecule has 0 aromatic heterocycles. The van der Waals surface area contributed by atoms with Crippen LogP contribution in [0.25, 0.3) is 0 Å². The Kier molecular flexibility index (Phi) is 5.85. The maximum Gasteiger partial charge on any atom is 0.317 e. The molecule has 2 N–H and O–H groups in total. The number of carbonyl (C=O) groups is 2. The number of carbonyl (C=O) groups excluding carboxylic acids is 1. The Morgan fingerprint density at radius 3 is 2.52 bits per heavy atom. The molecule has 0 radical (unpaired) electrons. The monoisotopic (exact) mass is 297 g/mol. The highest BCUT2D eigenvalue weighted by Gasteiger charge is 2.31. The van der Waals surface area contributed by atoms with Crippen molar-refractivity contribution in [2.24, 2.45) is 5.92 Å². The normalized spacial score (nSPS) is 28.5. The van der Waals surface area contributed by atoms with E-state index >= 15 is 0 Å². The predicted octanol–water partition coefficient (Wildman–Crippen LogP) is 1.37. The molecule has 6 heteroatoms. The first-order valence-electron chi connectivity index (χ1n) is 8.04. The van der Waals surface area contributed by atoms with Gasteiger partial charge in [0, 0.05) is 25.7 Å². The zero-order valence-corrected chi connectivity index (χ0v) is 12.9. The summed E-state index contributed by atoms with van der Waals surface area (Å²) in [4.78, 5) is 27.9. The topological polar surface area (TPSA) is 72.9 Å². The van der Waals surface area contributed by atoms with Gasteiger partial charge in [-0.3, -0.25) is 4.79 Å². The van der Waals surface area contributed by atoms with E-state index in [-0.39, 0.29) is 12.1 Å². The van der Waals surface area contributed by atoms with Crippen LogP contribution in [0.1, 0.15) is 38.5 Å². The van der Waals surface area contributed by atoms with E-state index in [0.717, 1.165) is 51.7 Å². The summed E-state index contributed by atoms with van der Waals surface area (Å²) in [5.41, 5.74) is 0. The minimum Gasteiger partial charge on any atom is -0.481 e. The minimum absolute atomic E-state index is 0.0940. The molecule has 1 aliphatic carbocycles. The zero-order chi connectivity index (χ0) is 15.2. The van der Waals surface area contributed by atoms with Crippen LogP contribution in [0.15, 0.2) is 0 Å². The summed E-state index contributed by atoms with van der Waals surface area (Å²) in [5, 5.41) is 12.4. The quantitative estimate of drug-likeness (QED) is 0.755. The summed E-state index contributed by atoms with van der Waals surface area (Å²) in [6.07, 6.45) is 5.41. The van der Waals surface area contributed by atoms with Crippen molar-refractivity contribution in [2.45, 2.75) is 44.6 Å². The van der Waals surface area contributed by atoms with Crippen molar-refractivity contribution < 1.29 is 14.7 Å². The van der Waals surface area contributed by atoms with Crippen molar-refractivity contribution in [3.05, 3.63) is 0 Å². The summed E-state index contributed by atoms with van der Waals surface area (Å²) in [6, 6.07) is -0.318. The predicted molar refractivity (Wildman–Crippen MR) is 80.2 cm³/mol. The summed E-state index contributed by atoms with van der Waals surface area (Å²) >= 11 is 0. The van der Waals surface area contributed by atoms with Gasteiger partial charge in [0.15, 0.2) is 0 Å². The second-order valence-corrected chi connectivity index (χ2v) is 6.28. The molecule has 2 rings (SSSR count). The molecule has 0 bridgehead atoms. The lowest BCUT2D eigenvalue weighted by molar-refractivity contribution is -0.142. The number of amides is 2. The molecule has 2 atom stereocenters. The van der Waals surface area contributed by atoms with Gasteiger partial charge in [-0.25, -0.2) is 4.79 Å². The second kappa shape index (κ2) is 7.64. The second-order valence-electron chi connectivity index (χ2n) is 6.28. The molecular weight excluding hydrogens is 270 g/mol. The van der Waals surface area contributed by atoms with E-state index in [9.17, 15) is 14.7 Å². The third-order valence-corrected chi connectivity index (χ3v) is 4.65. The average Bonchev–Trinajstić information content (AvgIpc) is 2.79. The van der Waals surface area contributed by atoms with Crippen LogP contribution in [0.4, 0.5) is 4.79 Å². The molecule has 120 valence electrons. The van der Waals surface area contributed by atoms with Gasteiger partial charge in [-0.05, 0) is 32.9 Å². The molecule has 1 saturated carbocycles. The van der Waals surface area contributed by atoms with Crippen LogP contribution >= 0.6 is 0 Å². The van der Waals surface area contributed by atoms with Crippen LogP contribution in [0.5, 0.6) is 0 Å². The molecule has 6 nitrogen and oxygen atoms in total. The molecule has 1 saturated heterocycles. The average molecular weight is 297 g/mol. The van der Waals surface area contributed by atoms with Crippen molar-refractivity contribution in [3.63, 3.8) is 0 Å². The largest absolute Gasteiger partial charge is 0.481 e. The standard InChI is InChI=1S/C15H27N3O3/c1-17-8-5-9-18(11-10-17)15(21)16-13-7-4-2-3-6-12(13)14(19)20/h12-13H,2-11H2,1H3,(H,16,21)(H,19,20). The lowest BCUT2D eigenvalue weighted by atomic mass is 9.95. The summed E-state index contributed by atoms with van der Waals surface area (Å²) in [5.74, 6) is -1.22. The van der Waals surface area contributed by atoms with Gasteiger partial charge in [0.1, 0.15) is 0 Å². The van der Waals surface area contributed by atoms with Gasteiger partial charge in [-0.1, -0.05) is 19.3 Å². The first-order chi connectivity index (χ1) is 10.1. The molecule has 0 aromatic carbocycles. The number of likely N-dealkylation sites (N-methyl/N-ethyl adjacent to an activating group) is 1. The number of nitrogens with zero attached hydrogens (tertiary/aromatic N) is 2. The van der Waals surface area contributed by atoms with Crippen LogP contribution in [0.2, 0.25) is 0 Å². The maximum atomic E-state index is 12.4. The van der Waals surface area contributed by atoms with Gasteiger partial charge in [0.25, 0.3) is 0 Å². The van der Waals surface area contributed by atoms with E-state index in [1.54, 1.807) is 0 Å². The SMILES string of the molecule is CN1CCCN(C(=O)NC2CCCCCC2C(=O)O)CC1. The Balaban J connectivity index is 1.94. The van der Waals surface area contributed by atoms with Gasteiger partial charge in [0.05, 0.1) is 5.92 Å². The molecule has 21 heavy (non-hydrogen) atoms. The van der Waals surface area contributed by atoms with Crippen LogP contribution < -0.4 is 5.32 Å². The molecule has 2 aliphatic rings. The number of hydrogen-bond donors (Lipinski definition) is 2. The fourth-order valence-corrected chi connectivity index (χ4v) is 3.28.